The molecule has 0 bridgehead atoms. The molecule has 0 unspecified atom stereocenters. The van der Waals surface area contributed by atoms with E-state index in [1.165, 1.54) is 0 Å². The van der Waals surface area contributed by atoms with E-state index < -0.39 is 11.9 Å². The number of benzene rings is 2. The first-order valence-corrected chi connectivity index (χ1v) is 10.2. The molecule has 1 atom stereocenters. The van der Waals surface area contributed by atoms with Crippen LogP contribution in [0.4, 0.5) is 0 Å². The number of hydrazone groups is 1. The summed E-state index contributed by atoms with van der Waals surface area (Å²) in [6.45, 7) is 5.58. The SMILES string of the molecule is COc1ccc(/C=N\NC(=O)[C@H](C)NC(=O)c2ccccc2)cc1CN1CCOCC1. The van der Waals surface area contributed by atoms with Crippen LogP contribution in [-0.4, -0.2) is 62.4 Å². The summed E-state index contributed by atoms with van der Waals surface area (Å²) < 4.78 is 10.9. The van der Waals surface area contributed by atoms with Crippen LogP contribution in [0.25, 0.3) is 0 Å². The highest BCUT2D eigenvalue weighted by Gasteiger charge is 2.16. The lowest BCUT2D eigenvalue weighted by Crippen LogP contribution is -2.43. The molecule has 8 nitrogen and oxygen atoms in total. The third-order valence-electron chi connectivity index (χ3n) is 4.97. The number of nitrogens with one attached hydrogen (secondary N) is 2. The zero-order chi connectivity index (χ0) is 22.1. The fourth-order valence-corrected chi connectivity index (χ4v) is 3.20. The summed E-state index contributed by atoms with van der Waals surface area (Å²) >= 11 is 0. The largest absolute Gasteiger partial charge is 0.496 e. The Morgan fingerprint density at radius 2 is 1.94 bits per heavy atom. The second-order valence-corrected chi connectivity index (χ2v) is 7.26. The Labute approximate surface area is 182 Å². The first kappa shape index (κ1) is 22.5. The molecular formula is C23H28N4O4. The molecule has 1 aliphatic rings. The molecular weight excluding hydrogens is 396 g/mol. The molecule has 0 aliphatic carbocycles. The van der Waals surface area contributed by atoms with Crippen molar-refractivity contribution in [3.05, 3.63) is 65.2 Å². The van der Waals surface area contributed by atoms with E-state index in [1.807, 2.05) is 24.3 Å². The number of carbonyl (C=O) groups is 2. The summed E-state index contributed by atoms with van der Waals surface area (Å²) in [5, 5.41) is 6.69. The number of morpholine rings is 1. The number of ether oxygens (including phenoxy) is 2. The van der Waals surface area contributed by atoms with Crippen molar-refractivity contribution in [2.45, 2.75) is 19.5 Å². The Balaban J connectivity index is 1.56. The van der Waals surface area contributed by atoms with Crippen LogP contribution in [0.1, 0.15) is 28.4 Å². The number of nitrogens with zero attached hydrogens (tertiary/aromatic N) is 2. The molecule has 1 heterocycles. The standard InChI is InChI=1S/C23H28N4O4/c1-17(25-23(29)19-6-4-3-5-7-19)22(28)26-24-15-18-8-9-21(30-2)20(14-18)16-27-10-12-31-13-11-27/h3-9,14-15,17H,10-13,16H2,1-2H3,(H,25,29)(H,26,28)/b24-15-/t17-/m0/s1. The molecule has 1 fully saturated rings. The van der Waals surface area contributed by atoms with Crippen molar-refractivity contribution in [2.24, 2.45) is 5.10 Å². The molecule has 2 aromatic rings. The van der Waals surface area contributed by atoms with Gasteiger partial charge in [-0.2, -0.15) is 5.10 Å². The predicted octanol–water partition coefficient (Wildman–Crippen LogP) is 1.80. The number of amides is 2. The van der Waals surface area contributed by atoms with Crippen molar-refractivity contribution >= 4 is 18.0 Å². The average Bonchev–Trinajstić information content (AvgIpc) is 2.80. The zero-order valence-corrected chi connectivity index (χ0v) is 17.8. The molecule has 0 saturated carbocycles. The average molecular weight is 425 g/mol. The molecule has 31 heavy (non-hydrogen) atoms. The van der Waals surface area contributed by atoms with Crippen LogP contribution in [-0.2, 0) is 16.1 Å². The summed E-state index contributed by atoms with van der Waals surface area (Å²) in [7, 11) is 1.65. The van der Waals surface area contributed by atoms with Gasteiger partial charge in [-0.05, 0) is 42.8 Å². The number of hydrogen-bond acceptors (Lipinski definition) is 6. The smallest absolute Gasteiger partial charge is 0.262 e. The van der Waals surface area contributed by atoms with Crippen molar-refractivity contribution in [3.8, 4) is 5.75 Å². The maximum absolute atomic E-state index is 12.3. The van der Waals surface area contributed by atoms with Crippen LogP contribution in [0.2, 0.25) is 0 Å². The Morgan fingerprint density at radius 1 is 1.19 bits per heavy atom. The molecule has 8 heteroatoms. The second kappa shape index (κ2) is 11.2. The van der Waals surface area contributed by atoms with E-state index in [-0.39, 0.29) is 5.91 Å². The first-order valence-electron chi connectivity index (χ1n) is 10.2. The van der Waals surface area contributed by atoms with Gasteiger partial charge in [0.1, 0.15) is 11.8 Å². The summed E-state index contributed by atoms with van der Waals surface area (Å²) in [6.07, 6.45) is 1.58. The molecule has 3 rings (SSSR count). The third-order valence-corrected chi connectivity index (χ3v) is 4.97. The van der Waals surface area contributed by atoms with E-state index in [0.717, 1.165) is 49.7 Å². The Morgan fingerprint density at radius 3 is 2.65 bits per heavy atom. The molecule has 2 N–H and O–H groups in total. The lowest BCUT2D eigenvalue weighted by Gasteiger charge is -2.27. The van der Waals surface area contributed by atoms with Crippen molar-refractivity contribution < 1.29 is 19.1 Å². The maximum atomic E-state index is 12.3. The Hall–Kier alpha value is -3.23. The van der Waals surface area contributed by atoms with Crippen LogP contribution in [0.15, 0.2) is 53.6 Å². The normalized spacial score (nSPS) is 15.4. The maximum Gasteiger partial charge on any atom is 0.262 e. The van der Waals surface area contributed by atoms with Gasteiger partial charge in [-0.1, -0.05) is 18.2 Å². The van der Waals surface area contributed by atoms with Gasteiger partial charge in [-0.15, -0.1) is 0 Å². The van der Waals surface area contributed by atoms with Gasteiger partial charge in [0.05, 0.1) is 26.5 Å². The monoisotopic (exact) mass is 424 g/mol. The highest BCUT2D eigenvalue weighted by atomic mass is 16.5. The van der Waals surface area contributed by atoms with E-state index in [0.29, 0.717) is 5.56 Å². The fourth-order valence-electron chi connectivity index (χ4n) is 3.20. The molecule has 1 saturated heterocycles. The van der Waals surface area contributed by atoms with E-state index in [1.54, 1.807) is 44.5 Å². The fraction of sp³-hybridized carbons (Fsp3) is 0.348. The second-order valence-electron chi connectivity index (χ2n) is 7.26. The molecule has 1 aliphatic heterocycles. The van der Waals surface area contributed by atoms with Gasteiger partial charge in [0.2, 0.25) is 0 Å². The first-order chi connectivity index (χ1) is 15.1. The predicted molar refractivity (Wildman–Crippen MR) is 118 cm³/mol. The highest BCUT2D eigenvalue weighted by Crippen LogP contribution is 2.21. The van der Waals surface area contributed by atoms with Crippen LogP contribution in [0.3, 0.4) is 0 Å². The van der Waals surface area contributed by atoms with Gasteiger partial charge in [-0.25, -0.2) is 5.43 Å². The minimum atomic E-state index is -0.724. The minimum Gasteiger partial charge on any atom is -0.496 e. The van der Waals surface area contributed by atoms with E-state index in [4.69, 9.17) is 9.47 Å². The van der Waals surface area contributed by atoms with Crippen molar-refractivity contribution in [1.82, 2.24) is 15.6 Å². The van der Waals surface area contributed by atoms with Gasteiger partial charge in [0, 0.05) is 30.8 Å². The lowest BCUT2D eigenvalue weighted by molar-refractivity contribution is -0.122. The van der Waals surface area contributed by atoms with E-state index in [2.05, 4.69) is 20.7 Å². The summed E-state index contributed by atoms with van der Waals surface area (Å²) in [6, 6.07) is 13.8. The summed E-state index contributed by atoms with van der Waals surface area (Å²) in [5.41, 5.74) is 4.85. The number of methoxy groups -OCH3 is 1. The molecule has 164 valence electrons. The van der Waals surface area contributed by atoms with Crippen molar-refractivity contribution in [1.29, 1.82) is 0 Å². The zero-order valence-electron chi connectivity index (χ0n) is 17.8. The summed E-state index contributed by atoms with van der Waals surface area (Å²) in [4.78, 5) is 26.7. The molecule has 0 spiro atoms. The van der Waals surface area contributed by atoms with Gasteiger partial charge in [-0.3, -0.25) is 14.5 Å². The van der Waals surface area contributed by atoms with Gasteiger partial charge in [0.25, 0.3) is 11.8 Å². The quantitative estimate of drug-likeness (QED) is 0.498. The lowest BCUT2D eigenvalue weighted by atomic mass is 10.1. The number of rotatable bonds is 8. The topological polar surface area (TPSA) is 92.3 Å². The van der Waals surface area contributed by atoms with E-state index >= 15 is 0 Å². The van der Waals surface area contributed by atoms with Crippen molar-refractivity contribution in [3.63, 3.8) is 0 Å². The Kier molecular flexibility index (Phi) is 8.14. The van der Waals surface area contributed by atoms with Crippen LogP contribution in [0.5, 0.6) is 5.75 Å². The van der Waals surface area contributed by atoms with E-state index in [9.17, 15) is 9.59 Å². The minimum absolute atomic E-state index is 0.310. The Bertz CT molecular complexity index is 911. The summed E-state index contributed by atoms with van der Waals surface area (Å²) in [5.74, 6) is 0.0997. The van der Waals surface area contributed by atoms with Crippen LogP contribution >= 0.6 is 0 Å². The molecule has 0 radical (unpaired) electrons. The highest BCUT2D eigenvalue weighted by molar-refractivity contribution is 5.97. The third kappa shape index (κ3) is 6.63. The number of carbonyl (C=O) groups excluding carboxylic acids is 2. The van der Waals surface area contributed by atoms with Gasteiger partial charge < -0.3 is 14.8 Å². The van der Waals surface area contributed by atoms with Crippen LogP contribution < -0.4 is 15.5 Å². The molecule has 2 aromatic carbocycles. The number of hydrogen-bond donors (Lipinski definition) is 2. The van der Waals surface area contributed by atoms with Crippen LogP contribution in [0, 0.1) is 0 Å². The van der Waals surface area contributed by atoms with Crippen molar-refractivity contribution in [2.75, 3.05) is 33.4 Å². The van der Waals surface area contributed by atoms with Gasteiger partial charge >= 0.3 is 0 Å². The molecule has 2 amide bonds. The molecule has 0 aromatic heterocycles. The van der Waals surface area contributed by atoms with Gasteiger partial charge in [0.15, 0.2) is 0 Å².